The molecule has 0 heterocycles. The van der Waals surface area contributed by atoms with Crippen molar-refractivity contribution >= 4 is 17.9 Å². The first-order chi connectivity index (χ1) is 9.38. The Morgan fingerprint density at radius 3 is 1.50 bits per heavy atom. The summed E-state index contributed by atoms with van der Waals surface area (Å²) in [6.45, 7) is 2.06. The lowest BCUT2D eigenvalue weighted by atomic mass is 10.1. The fraction of sp³-hybridized carbons (Fsp3) is 0.357. The minimum atomic E-state index is -1.06. The quantitative estimate of drug-likeness (QED) is 0.691. The molecule has 3 N–H and O–H groups in total. The summed E-state index contributed by atoms with van der Waals surface area (Å²) in [7, 11) is 0. The standard InChI is InChI=1S/C8H6O4.C6H12O2/c9-7(10)5-1-2-6(4-3-5)8(11)12;1-2-3-4-5-6(7)8/h1-4H,(H,9,10)(H,11,12);2-5H2,1H3,(H,7,8). The van der Waals surface area contributed by atoms with Gasteiger partial charge in [0.25, 0.3) is 0 Å². The lowest BCUT2D eigenvalue weighted by molar-refractivity contribution is -0.137. The van der Waals surface area contributed by atoms with Crippen molar-refractivity contribution in [3.8, 4) is 0 Å². The van der Waals surface area contributed by atoms with Crippen LogP contribution in [0.5, 0.6) is 0 Å². The van der Waals surface area contributed by atoms with Gasteiger partial charge in [0.1, 0.15) is 0 Å². The molecule has 0 unspecified atom stereocenters. The molecule has 6 heteroatoms. The van der Waals surface area contributed by atoms with Crippen LogP contribution in [0.3, 0.4) is 0 Å². The van der Waals surface area contributed by atoms with E-state index in [1.807, 2.05) is 0 Å². The molecule has 1 rings (SSSR count). The highest BCUT2D eigenvalue weighted by molar-refractivity contribution is 5.91. The monoisotopic (exact) mass is 282 g/mol. The molecule has 0 saturated carbocycles. The summed E-state index contributed by atoms with van der Waals surface area (Å²) in [5.41, 5.74) is 0.167. The number of hydrogen-bond donors (Lipinski definition) is 3. The second-order valence-electron chi connectivity index (χ2n) is 4.04. The second kappa shape index (κ2) is 9.55. The number of carbonyl (C=O) groups is 3. The third-order valence-corrected chi connectivity index (χ3v) is 2.37. The molecular formula is C14H18O6. The van der Waals surface area contributed by atoms with Gasteiger partial charge in [-0.1, -0.05) is 19.8 Å². The Morgan fingerprint density at radius 2 is 1.25 bits per heavy atom. The maximum atomic E-state index is 10.3. The Balaban J connectivity index is 0.000000396. The van der Waals surface area contributed by atoms with E-state index < -0.39 is 17.9 Å². The molecule has 0 bridgehead atoms. The maximum Gasteiger partial charge on any atom is 0.335 e. The number of rotatable bonds is 6. The van der Waals surface area contributed by atoms with E-state index in [0.29, 0.717) is 6.42 Å². The van der Waals surface area contributed by atoms with E-state index in [4.69, 9.17) is 15.3 Å². The Hall–Kier alpha value is -2.37. The van der Waals surface area contributed by atoms with Crippen molar-refractivity contribution in [3.63, 3.8) is 0 Å². The first-order valence-corrected chi connectivity index (χ1v) is 6.17. The van der Waals surface area contributed by atoms with Crippen molar-refractivity contribution in [2.45, 2.75) is 32.6 Å². The minimum absolute atomic E-state index is 0.0833. The molecule has 20 heavy (non-hydrogen) atoms. The van der Waals surface area contributed by atoms with Crippen molar-refractivity contribution < 1.29 is 29.7 Å². The summed E-state index contributed by atoms with van der Waals surface area (Å²) < 4.78 is 0. The summed E-state index contributed by atoms with van der Waals surface area (Å²) in [5.74, 6) is -2.81. The van der Waals surface area contributed by atoms with Gasteiger partial charge in [-0.2, -0.15) is 0 Å². The van der Waals surface area contributed by atoms with Gasteiger partial charge < -0.3 is 15.3 Å². The molecule has 0 saturated heterocycles. The van der Waals surface area contributed by atoms with E-state index in [1.165, 1.54) is 24.3 Å². The number of hydrogen-bond acceptors (Lipinski definition) is 3. The largest absolute Gasteiger partial charge is 0.481 e. The van der Waals surface area contributed by atoms with Gasteiger partial charge in [-0.25, -0.2) is 9.59 Å². The Bertz CT molecular complexity index is 416. The molecule has 0 amide bonds. The van der Waals surface area contributed by atoms with Gasteiger partial charge in [0.2, 0.25) is 0 Å². The van der Waals surface area contributed by atoms with Crippen molar-refractivity contribution in [1.82, 2.24) is 0 Å². The van der Waals surface area contributed by atoms with Crippen LogP contribution in [0.15, 0.2) is 24.3 Å². The van der Waals surface area contributed by atoms with Crippen LogP contribution >= 0.6 is 0 Å². The first-order valence-electron chi connectivity index (χ1n) is 6.17. The van der Waals surface area contributed by atoms with Gasteiger partial charge in [-0.05, 0) is 30.7 Å². The number of carboxylic acids is 3. The zero-order valence-corrected chi connectivity index (χ0v) is 11.2. The van der Waals surface area contributed by atoms with Crippen LogP contribution in [-0.4, -0.2) is 33.2 Å². The number of aliphatic carboxylic acids is 1. The molecule has 0 fully saturated rings. The highest BCUT2D eigenvalue weighted by Crippen LogP contribution is 2.03. The van der Waals surface area contributed by atoms with Crippen LogP contribution < -0.4 is 0 Å². The molecule has 1 aromatic rings. The van der Waals surface area contributed by atoms with E-state index in [-0.39, 0.29) is 11.1 Å². The molecule has 110 valence electrons. The topological polar surface area (TPSA) is 112 Å². The van der Waals surface area contributed by atoms with Gasteiger partial charge in [-0.3, -0.25) is 4.79 Å². The van der Waals surface area contributed by atoms with E-state index >= 15 is 0 Å². The third kappa shape index (κ3) is 7.86. The molecular weight excluding hydrogens is 264 g/mol. The smallest absolute Gasteiger partial charge is 0.335 e. The Kier molecular flexibility index (Phi) is 8.41. The van der Waals surface area contributed by atoms with Gasteiger partial charge in [-0.15, -0.1) is 0 Å². The fourth-order valence-electron chi connectivity index (χ4n) is 1.28. The summed E-state index contributed by atoms with van der Waals surface area (Å²) in [5, 5.41) is 25.1. The molecule has 1 aromatic carbocycles. The normalized spacial score (nSPS) is 9.25. The molecule has 6 nitrogen and oxygen atoms in total. The SMILES string of the molecule is CCCCCC(=O)O.O=C(O)c1ccc(C(=O)O)cc1. The van der Waals surface area contributed by atoms with Crippen LogP contribution in [0.1, 0.15) is 53.3 Å². The number of benzene rings is 1. The van der Waals surface area contributed by atoms with Gasteiger partial charge in [0.05, 0.1) is 11.1 Å². The summed E-state index contributed by atoms with van der Waals surface area (Å²) >= 11 is 0. The zero-order valence-electron chi connectivity index (χ0n) is 11.2. The van der Waals surface area contributed by atoms with Crippen molar-refractivity contribution in [2.75, 3.05) is 0 Å². The third-order valence-electron chi connectivity index (χ3n) is 2.37. The van der Waals surface area contributed by atoms with E-state index in [1.54, 1.807) is 0 Å². The minimum Gasteiger partial charge on any atom is -0.481 e. The molecule has 0 aromatic heterocycles. The van der Waals surface area contributed by atoms with E-state index in [9.17, 15) is 14.4 Å². The highest BCUT2D eigenvalue weighted by atomic mass is 16.4. The molecule has 0 radical (unpaired) electrons. The number of carboxylic acid groups (broad SMARTS) is 3. The fourth-order valence-corrected chi connectivity index (χ4v) is 1.28. The van der Waals surface area contributed by atoms with Gasteiger partial charge in [0, 0.05) is 6.42 Å². The lowest BCUT2D eigenvalue weighted by Gasteiger charge is -1.94. The summed E-state index contributed by atoms with van der Waals surface area (Å²) in [6, 6.07) is 5.02. The first kappa shape index (κ1) is 17.6. The van der Waals surface area contributed by atoms with Crippen LogP contribution in [0.4, 0.5) is 0 Å². The molecule has 0 spiro atoms. The summed E-state index contributed by atoms with van der Waals surface area (Å²) in [4.78, 5) is 30.5. The average molecular weight is 282 g/mol. The molecule has 0 aliphatic heterocycles. The Labute approximate surface area is 116 Å². The van der Waals surface area contributed by atoms with Gasteiger partial charge in [0.15, 0.2) is 0 Å². The van der Waals surface area contributed by atoms with Crippen LogP contribution in [0, 0.1) is 0 Å². The lowest BCUT2D eigenvalue weighted by Crippen LogP contribution is -1.99. The number of aromatic carboxylic acids is 2. The zero-order chi connectivity index (χ0) is 15.5. The number of unbranched alkanes of at least 4 members (excludes halogenated alkanes) is 2. The van der Waals surface area contributed by atoms with Crippen molar-refractivity contribution in [3.05, 3.63) is 35.4 Å². The Morgan fingerprint density at radius 1 is 0.850 bits per heavy atom. The predicted molar refractivity (Wildman–Crippen MR) is 72.1 cm³/mol. The highest BCUT2D eigenvalue weighted by Gasteiger charge is 2.04. The summed E-state index contributed by atoms with van der Waals surface area (Å²) in [6.07, 6.45) is 3.28. The predicted octanol–water partition coefficient (Wildman–Crippen LogP) is 2.73. The molecule has 0 atom stereocenters. The van der Waals surface area contributed by atoms with E-state index in [0.717, 1.165) is 19.3 Å². The van der Waals surface area contributed by atoms with Crippen LogP contribution in [0.25, 0.3) is 0 Å². The van der Waals surface area contributed by atoms with Crippen LogP contribution in [0.2, 0.25) is 0 Å². The van der Waals surface area contributed by atoms with Crippen molar-refractivity contribution in [1.29, 1.82) is 0 Å². The molecule has 0 aliphatic carbocycles. The van der Waals surface area contributed by atoms with E-state index in [2.05, 4.69) is 6.92 Å². The molecule has 0 aliphatic rings. The van der Waals surface area contributed by atoms with Gasteiger partial charge >= 0.3 is 17.9 Å². The van der Waals surface area contributed by atoms with Crippen molar-refractivity contribution in [2.24, 2.45) is 0 Å². The second-order valence-corrected chi connectivity index (χ2v) is 4.04. The maximum absolute atomic E-state index is 10.3. The van der Waals surface area contributed by atoms with Crippen LogP contribution in [-0.2, 0) is 4.79 Å². The average Bonchev–Trinajstić information content (AvgIpc) is 2.39.